The first-order valence-corrected chi connectivity index (χ1v) is 11.3. The van der Waals surface area contributed by atoms with E-state index in [0.29, 0.717) is 5.15 Å². The van der Waals surface area contributed by atoms with E-state index in [9.17, 15) is 0 Å². The number of rotatable bonds is 1. The van der Waals surface area contributed by atoms with Gasteiger partial charge in [-0.05, 0) is 38.6 Å². The quantitative estimate of drug-likeness (QED) is 0.265. The van der Waals surface area contributed by atoms with E-state index >= 15 is 0 Å². The molecule has 7 rings (SSSR count). The highest BCUT2D eigenvalue weighted by molar-refractivity contribution is 6.32. The van der Waals surface area contributed by atoms with E-state index in [1.807, 2.05) is 0 Å². The van der Waals surface area contributed by atoms with E-state index in [2.05, 4.69) is 92.7 Å². The largest absolute Gasteiger partial charge is 0.246 e. The number of nitrogens with zero attached hydrogens (tertiary/aromatic N) is 2. The molecule has 0 aliphatic heterocycles. The van der Waals surface area contributed by atoms with E-state index in [4.69, 9.17) is 21.6 Å². The molecule has 0 unspecified atom stereocenters. The molecule has 5 aromatic rings. The van der Waals surface area contributed by atoms with Crippen LogP contribution in [0.25, 0.3) is 55.5 Å². The summed E-state index contributed by atoms with van der Waals surface area (Å²) in [5.74, 6) is 0. The molecule has 152 valence electrons. The molecule has 4 aromatic carbocycles. The van der Waals surface area contributed by atoms with Gasteiger partial charge in [0.15, 0.2) is 5.15 Å². The molecule has 2 aliphatic rings. The molecular weight excluding hydrogens is 412 g/mol. The Morgan fingerprint density at radius 2 is 1.22 bits per heavy atom. The van der Waals surface area contributed by atoms with Crippen molar-refractivity contribution in [1.82, 2.24) is 9.97 Å². The van der Waals surface area contributed by atoms with E-state index in [1.165, 1.54) is 38.6 Å². The number of fused-ring (bicyclic) bond motifs is 6. The maximum atomic E-state index is 6.81. The van der Waals surface area contributed by atoms with Gasteiger partial charge < -0.3 is 0 Å². The van der Waals surface area contributed by atoms with Gasteiger partial charge in [0, 0.05) is 16.5 Å². The van der Waals surface area contributed by atoms with Crippen molar-refractivity contribution in [1.29, 1.82) is 0 Å². The Bertz CT molecular complexity index is 1580. The zero-order chi connectivity index (χ0) is 21.6. The summed E-state index contributed by atoms with van der Waals surface area (Å²) in [6, 6.07) is 27.9. The maximum absolute atomic E-state index is 6.81. The van der Waals surface area contributed by atoms with Crippen LogP contribution in [-0.4, -0.2) is 9.97 Å². The van der Waals surface area contributed by atoms with Gasteiger partial charge in [0.25, 0.3) is 0 Å². The summed E-state index contributed by atoms with van der Waals surface area (Å²) in [6.45, 7) is 4.43. The van der Waals surface area contributed by atoms with Crippen LogP contribution in [0.3, 0.4) is 0 Å². The first-order valence-electron chi connectivity index (χ1n) is 10.9. The molecule has 1 heterocycles. The van der Waals surface area contributed by atoms with Gasteiger partial charge in [0.1, 0.15) is 5.69 Å². The van der Waals surface area contributed by atoms with Crippen molar-refractivity contribution in [2.75, 3.05) is 0 Å². The molecule has 0 bridgehead atoms. The smallest absolute Gasteiger partial charge is 0.156 e. The van der Waals surface area contributed by atoms with Crippen LogP contribution in [0.4, 0.5) is 0 Å². The fraction of sp³-hybridized carbons (Fsp3) is 0.103. The normalized spacial score (nSPS) is 14.3. The monoisotopic (exact) mass is 430 g/mol. The summed E-state index contributed by atoms with van der Waals surface area (Å²) in [4.78, 5) is 10.1. The summed E-state index contributed by atoms with van der Waals surface area (Å²) in [7, 11) is 0. The first kappa shape index (κ1) is 18.1. The Labute approximate surface area is 191 Å². The summed E-state index contributed by atoms with van der Waals surface area (Å²) in [6.07, 6.45) is 0. The van der Waals surface area contributed by atoms with Gasteiger partial charge in [0.2, 0.25) is 0 Å². The first-order chi connectivity index (χ1) is 15.6. The lowest BCUT2D eigenvalue weighted by Gasteiger charge is -2.20. The predicted octanol–water partition coefficient (Wildman–Crippen LogP) is 7.90. The van der Waals surface area contributed by atoms with Gasteiger partial charge in [-0.25, -0.2) is 9.97 Å². The second kappa shape index (κ2) is 6.05. The van der Waals surface area contributed by atoms with Crippen LogP contribution in [0, 0.1) is 0 Å². The Hall–Kier alpha value is -3.49. The molecule has 1 aromatic heterocycles. The average Bonchev–Trinajstić information content (AvgIpc) is 3.25. The minimum absolute atomic E-state index is 0.219. The van der Waals surface area contributed by atoms with Crippen molar-refractivity contribution in [2.24, 2.45) is 0 Å². The van der Waals surface area contributed by atoms with Gasteiger partial charge in [-0.2, -0.15) is 0 Å². The molecule has 0 radical (unpaired) electrons. The number of benzene rings is 4. The van der Waals surface area contributed by atoms with Gasteiger partial charge in [-0.15, -0.1) is 0 Å². The highest BCUT2D eigenvalue weighted by Gasteiger charge is 2.39. The van der Waals surface area contributed by atoms with Crippen molar-refractivity contribution < 1.29 is 0 Å². The van der Waals surface area contributed by atoms with Crippen LogP contribution in [0.1, 0.15) is 25.1 Å². The lowest BCUT2D eigenvalue weighted by Crippen LogP contribution is -2.17. The van der Waals surface area contributed by atoms with Crippen LogP contribution in [0.15, 0.2) is 78.9 Å². The molecule has 0 saturated heterocycles. The summed E-state index contributed by atoms with van der Waals surface area (Å²) >= 11 is 6.81. The van der Waals surface area contributed by atoms with Crippen LogP contribution >= 0.6 is 11.6 Å². The zero-order valence-corrected chi connectivity index (χ0v) is 18.5. The molecule has 0 atom stereocenters. The zero-order valence-electron chi connectivity index (χ0n) is 17.8. The highest BCUT2D eigenvalue weighted by Crippen LogP contribution is 2.51. The Kier molecular flexibility index (Phi) is 3.43. The molecule has 0 fully saturated rings. The second-order valence-corrected chi connectivity index (χ2v) is 9.52. The van der Waals surface area contributed by atoms with Gasteiger partial charge in [0.05, 0.1) is 11.4 Å². The molecule has 0 amide bonds. The molecule has 0 saturated carbocycles. The van der Waals surface area contributed by atoms with Crippen molar-refractivity contribution in [2.45, 2.75) is 19.3 Å². The van der Waals surface area contributed by atoms with Crippen molar-refractivity contribution in [3.05, 3.63) is 95.3 Å². The minimum atomic E-state index is -0.219. The molecule has 0 spiro atoms. The van der Waals surface area contributed by atoms with E-state index < -0.39 is 0 Å². The van der Waals surface area contributed by atoms with E-state index in [0.717, 1.165) is 28.2 Å². The van der Waals surface area contributed by atoms with Crippen molar-refractivity contribution in [3.63, 3.8) is 0 Å². The Balaban J connectivity index is 1.51. The van der Waals surface area contributed by atoms with E-state index in [-0.39, 0.29) is 5.41 Å². The average molecular weight is 431 g/mol. The van der Waals surface area contributed by atoms with Crippen molar-refractivity contribution in [3.8, 4) is 44.8 Å². The highest BCUT2D eigenvalue weighted by atomic mass is 35.5. The van der Waals surface area contributed by atoms with Gasteiger partial charge >= 0.3 is 0 Å². The number of hydrogen-bond acceptors (Lipinski definition) is 2. The van der Waals surface area contributed by atoms with E-state index in [1.54, 1.807) is 0 Å². The lowest BCUT2D eigenvalue weighted by molar-refractivity contribution is 0.636. The molecule has 2 aliphatic carbocycles. The predicted molar refractivity (Wildman–Crippen MR) is 132 cm³/mol. The van der Waals surface area contributed by atoms with Crippen LogP contribution in [0.2, 0.25) is 5.15 Å². The number of aromatic nitrogens is 2. The minimum Gasteiger partial charge on any atom is -0.246 e. The molecular formula is C29H19ClN2. The van der Waals surface area contributed by atoms with Crippen LogP contribution < -0.4 is 0 Å². The Morgan fingerprint density at radius 3 is 2.00 bits per heavy atom. The van der Waals surface area contributed by atoms with Crippen molar-refractivity contribution >= 4 is 22.4 Å². The SMILES string of the molecule is CC1(C)c2ccccc2-c2nc(Cl)c(-c3ccc4c5c(cccc35)-c3ccccc3-4)nc21. The standard InChI is InChI=1S/C29H19ClN2/c1-29(2)23-13-6-5-10-22(23)25-27(29)31-26(28(30)32-25)21-15-14-20-17-9-4-3-8-16(17)18-11-7-12-19(21)24(18)20/h3-15H,1-2H3. The molecule has 2 nitrogen and oxygen atoms in total. The molecule has 3 heteroatoms. The molecule has 0 N–H and O–H groups in total. The fourth-order valence-corrected chi connectivity index (χ4v) is 5.82. The number of hydrogen-bond donors (Lipinski definition) is 0. The third-order valence-corrected chi connectivity index (χ3v) is 7.37. The third kappa shape index (κ3) is 2.15. The third-order valence-electron chi connectivity index (χ3n) is 7.10. The van der Waals surface area contributed by atoms with Gasteiger partial charge in [-0.3, -0.25) is 0 Å². The maximum Gasteiger partial charge on any atom is 0.156 e. The summed E-state index contributed by atoms with van der Waals surface area (Å²) in [5, 5.41) is 2.89. The van der Waals surface area contributed by atoms with Gasteiger partial charge in [-0.1, -0.05) is 104 Å². The van der Waals surface area contributed by atoms with Crippen LogP contribution in [-0.2, 0) is 5.41 Å². The summed E-state index contributed by atoms with van der Waals surface area (Å²) < 4.78 is 0. The van der Waals surface area contributed by atoms with Crippen LogP contribution in [0.5, 0.6) is 0 Å². The second-order valence-electron chi connectivity index (χ2n) is 9.17. The number of halogens is 1. The molecule has 32 heavy (non-hydrogen) atoms. The lowest BCUT2D eigenvalue weighted by atomic mass is 9.85. The fourth-order valence-electron chi connectivity index (χ4n) is 5.59. The summed E-state index contributed by atoms with van der Waals surface area (Å²) in [5.41, 5.74) is 11.0. The Morgan fingerprint density at radius 1 is 0.594 bits per heavy atom. The topological polar surface area (TPSA) is 25.8 Å².